The van der Waals surface area contributed by atoms with Gasteiger partial charge in [0, 0.05) is 6.54 Å². The van der Waals surface area contributed by atoms with Crippen LogP contribution in [0.25, 0.3) is 0 Å². The summed E-state index contributed by atoms with van der Waals surface area (Å²) in [6.45, 7) is 5.10. The number of amides is 1. The molecule has 0 aliphatic carbocycles. The minimum Gasteiger partial charge on any atom is -0.870 e. The second-order valence-electron chi connectivity index (χ2n) is 4.87. The Hall–Kier alpha value is -0.960. The molecule has 0 aliphatic heterocycles. The van der Waals surface area contributed by atoms with E-state index in [0.717, 1.165) is 19.4 Å². The monoisotopic (exact) mass is 296 g/mol. The van der Waals surface area contributed by atoms with E-state index in [1.54, 1.807) is 0 Å². The number of hydrogen-bond donors (Lipinski definition) is 2. The first-order chi connectivity index (χ1) is 8.16. The van der Waals surface area contributed by atoms with Gasteiger partial charge in [0.2, 0.25) is 5.91 Å². The number of nitrogens with zero attached hydrogens (tertiary/aromatic N) is 1. The standard InChI is InChI=1S/C11H22N2O4S.H2O/c1-4-11(14)12-7-5-6-8-13(2,3)9-10-18(15,16)17;/h4H,1,5-10H2,2-3H3,(H-,12,14,15,16,17);1H2. The average molecular weight is 296 g/mol. The third-order valence-corrected chi connectivity index (χ3v) is 3.33. The Morgan fingerprint density at radius 2 is 1.89 bits per heavy atom. The van der Waals surface area contributed by atoms with Crippen LogP contribution >= 0.6 is 0 Å². The van der Waals surface area contributed by atoms with Crippen LogP contribution in [0.4, 0.5) is 0 Å². The molecule has 0 unspecified atom stereocenters. The summed E-state index contributed by atoms with van der Waals surface area (Å²) in [5.41, 5.74) is 0. The fourth-order valence-corrected chi connectivity index (χ4v) is 2.15. The molecule has 0 saturated carbocycles. The molecule has 0 aromatic rings. The molecule has 0 heterocycles. The molecule has 0 aromatic carbocycles. The summed E-state index contributed by atoms with van der Waals surface area (Å²) >= 11 is 0. The number of carbonyl (C=O) groups excluding carboxylic acids is 1. The molecule has 0 saturated heterocycles. The van der Waals surface area contributed by atoms with Gasteiger partial charge >= 0.3 is 0 Å². The van der Waals surface area contributed by atoms with E-state index in [9.17, 15) is 13.2 Å². The summed E-state index contributed by atoms with van der Waals surface area (Å²) in [5.74, 6) is -0.414. The maximum absolute atomic E-state index is 10.9. The molecule has 114 valence electrons. The Morgan fingerprint density at radius 1 is 1.32 bits per heavy atom. The van der Waals surface area contributed by atoms with E-state index in [0.29, 0.717) is 17.6 Å². The molecule has 0 bridgehead atoms. The first-order valence-electron chi connectivity index (χ1n) is 5.84. The summed E-state index contributed by atoms with van der Waals surface area (Å²) in [6.07, 6.45) is 2.93. The lowest BCUT2D eigenvalue weighted by Gasteiger charge is -2.29. The maximum Gasteiger partial charge on any atom is 0.270 e. The summed E-state index contributed by atoms with van der Waals surface area (Å²) in [7, 11) is -0.0705. The molecule has 0 atom stereocenters. The normalized spacial score (nSPS) is 11.5. The van der Waals surface area contributed by atoms with Crippen LogP contribution in [0, 0.1) is 0 Å². The Balaban J connectivity index is 0. The van der Waals surface area contributed by atoms with E-state index in [1.165, 1.54) is 6.08 Å². The number of quaternary nitrogens is 1. The first kappa shape index (κ1) is 20.4. The Morgan fingerprint density at radius 3 is 2.37 bits per heavy atom. The van der Waals surface area contributed by atoms with Gasteiger partial charge in [-0.25, -0.2) is 0 Å². The van der Waals surface area contributed by atoms with Gasteiger partial charge in [-0.2, -0.15) is 8.42 Å². The van der Waals surface area contributed by atoms with Crippen molar-refractivity contribution in [3.05, 3.63) is 12.7 Å². The lowest BCUT2D eigenvalue weighted by atomic mass is 10.2. The van der Waals surface area contributed by atoms with Crippen LogP contribution in [0.2, 0.25) is 0 Å². The van der Waals surface area contributed by atoms with Gasteiger partial charge < -0.3 is 15.3 Å². The highest BCUT2D eigenvalue weighted by molar-refractivity contribution is 7.85. The fourth-order valence-electron chi connectivity index (χ4n) is 1.42. The predicted molar refractivity (Wildman–Crippen MR) is 72.6 cm³/mol. The van der Waals surface area contributed by atoms with E-state index >= 15 is 0 Å². The molecule has 1 amide bonds. The molecular formula is C11H24N2O5S. The average Bonchev–Trinajstić information content (AvgIpc) is 2.25. The van der Waals surface area contributed by atoms with Gasteiger partial charge in [-0.15, -0.1) is 0 Å². The Kier molecular flexibility index (Phi) is 9.67. The second-order valence-corrected chi connectivity index (χ2v) is 6.44. The van der Waals surface area contributed by atoms with Crippen LogP contribution in [-0.2, 0) is 14.9 Å². The van der Waals surface area contributed by atoms with E-state index in [2.05, 4.69) is 11.9 Å². The van der Waals surface area contributed by atoms with Gasteiger partial charge in [-0.3, -0.25) is 9.35 Å². The van der Waals surface area contributed by atoms with Gasteiger partial charge in [-0.1, -0.05) is 6.58 Å². The molecule has 8 heteroatoms. The smallest absolute Gasteiger partial charge is 0.270 e. The van der Waals surface area contributed by atoms with Crippen molar-refractivity contribution in [2.45, 2.75) is 12.8 Å². The number of rotatable bonds is 9. The molecule has 0 rings (SSSR count). The molecule has 19 heavy (non-hydrogen) atoms. The minimum atomic E-state index is -3.89. The zero-order valence-corrected chi connectivity index (χ0v) is 12.3. The highest BCUT2D eigenvalue weighted by Crippen LogP contribution is 2.02. The van der Waals surface area contributed by atoms with Crippen LogP contribution in [0.5, 0.6) is 0 Å². The van der Waals surface area contributed by atoms with E-state index < -0.39 is 10.1 Å². The van der Waals surface area contributed by atoms with Crippen molar-refractivity contribution < 1.29 is 27.7 Å². The number of unbranched alkanes of at least 4 members (excludes halogenated alkanes) is 1. The van der Waals surface area contributed by atoms with Gasteiger partial charge in [0.05, 0.1) is 27.2 Å². The van der Waals surface area contributed by atoms with Crippen molar-refractivity contribution in [2.75, 3.05) is 39.5 Å². The Labute approximate surface area is 114 Å². The SMILES string of the molecule is C=CC(=O)NCCCC[N+](C)(C)CCS(=O)(=O)O.[OH-]. The van der Waals surface area contributed by atoms with Crippen molar-refractivity contribution in [3.63, 3.8) is 0 Å². The summed E-state index contributed by atoms with van der Waals surface area (Å²) in [4.78, 5) is 10.9. The fraction of sp³-hybridized carbons (Fsp3) is 0.727. The second kappa shape index (κ2) is 9.03. The highest BCUT2D eigenvalue weighted by Gasteiger charge is 2.18. The van der Waals surface area contributed by atoms with Gasteiger partial charge in [0.25, 0.3) is 10.1 Å². The molecule has 0 spiro atoms. The van der Waals surface area contributed by atoms with Crippen LogP contribution < -0.4 is 5.32 Å². The maximum atomic E-state index is 10.9. The van der Waals surface area contributed by atoms with E-state index in [4.69, 9.17) is 4.55 Å². The van der Waals surface area contributed by atoms with Crippen LogP contribution in [0.15, 0.2) is 12.7 Å². The lowest BCUT2D eigenvalue weighted by molar-refractivity contribution is -0.888. The minimum absolute atomic E-state index is 0. The van der Waals surface area contributed by atoms with Crippen LogP contribution in [0.1, 0.15) is 12.8 Å². The predicted octanol–water partition coefficient (Wildman–Crippen LogP) is -0.144. The third kappa shape index (κ3) is 13.3. The molecule has 0 fully saturated rings. The molecular weight excluding hydrogens is 272 g/mol. The third-order valence-electron chi connectivity index (χ3n) is 2.63. The highest BCUT2D eigenvalue weighted by atomic mass is 32.2. The summed E-state index contributed by atoms with van der Waals surface area (Å²) in [5, 5.41) is 2.68. The number of nitrogens with one attached hydrogen (secondary N) is 1. The van der Waals surface area contributed by atoms with Gasteiger partial charge in [-0.05, 0) is 18.9 Å². The quantitative estimate of drug-likeness (QED) is 0.266. The van der Waals surface area contributed by atoms with Crippen molar-refractivity contribution in [3.8, 4) is 0 Å². The van der Waals surface area contributed by atoms with Gasteiger partial charge in [0.15, 0.2) is 0 Å². The molecule has 0 radical (unpaired) electrons. The summed E-state index contributed by atoms with van der Waals surface area (Å²) in [6, 6.07) is 0. The molecule has 0 aliphatic rings. The zero-order chi connectivity index (χ0) is 14.2. The first-order valence-corrected chi connectivity index (χ1v) is 7.45. The summed E-state index contributed by atoms with van der Waals surface area (Å²) < 4.78 is 30.5. The number of hydrogen-bond acceptors (Lipinski definition) is 4. The van der Waals surface area contributed by atoms with Crippen molar-refractivity contribution in [1.29, 1.82) is 0 Å². The topological polar surface area (TPSA) is 113 Å². The van der Waals surface area contributed by atoms with Crippen molar-refractivity contribution in [2.24, 2.45) is 0 Å². The number of carbonyl (C=O) groups is 1. The molecule has 7 nitrogen and oxygen atoms in total. The van der Waals surface area contributed by atoms with Crippen LogP contribution in [0.3, 0.4) is 0 Å². The van der Waals surface area contributed by atoms with E-state index in [1.807, 2.05) is 14.1 Å². The van der Waals surface area contributed by atoms with Crippen molar-refractivity contribution in [1.82, 2.24) is 5.32 Å². The zero-order valence-electron chi connectivity index (χ0n) is 11.5. The van der Waals surface area contributed by atoms with E-state index in [-0.39, 0.29) is 17.1 Å². The van der Waals surface area contributed by atoms with Crippen LogP contribution in [-0.4, -0.2) is 68.3 Å². The Bertz CT molecular complexity index is 379. The molecule has 0 aromatic heterocycles. The largest absolute Gasteiger partial charge is 0.870 e. The van der Waals surface area contributed by atoms with Crippen molar-refractivity contribution >= 4 is 16.0 Å². The van der Waals surface area contributed by atoms with Gasteiger partial charge in [0.1, 0.15) is 5.75 Å². The molecule has 3 N–H and O–H groups in total. The lowest BCUT2D eigenvalue weighted by Crippen LogP contribution is -2.44.